The Bertz CT molecular complexity index is 431. The van der Waals surface area contributed by atoms with E-state index in [1.807, 2.05) is 30.5 Å². The third-order valence-electron chi connectivity index (χ3n) is 3.18. The van der Waals surface area contributed by atoms with Gasteiger partial charge in [0, 0.05) is 30.4 Å². The molecule has 0 spiro atoms. The van der Waals surface area contributed by atoms with Crippen LogP contribution in [0, 0.1) is 5.92 Å². The molecule has 1 aliphatic heterocycles. The van der Waals surface area contributed by atoms with E-state index < -0.39 is 0 Å². The first-order valence-corrected chi connectivity index (χ1v) is 7.25. The van der Waals surface area contributed by atoms with Gasteiger partial charge in [0.2, 0.25) is 0 Å². The third kappa shape index (κ3) is 4.11. The summed E-state index contributed by atoms with van der Waals surface area (Å²) in [4.78, 5) is 13.0. The maximum Gasteiger partial charge on any atom is 0.252 e. The Morgan fingerprint density at radius 1 is 1.47 bits per heavy atom. The summed E-state index contributed by atoms with van der Waals surface area (Å²) in [6.45, 7) is 1.88. The highest BCUT2D eigenvalue weighted by Gasteiger charge is 2.25. The van der Waals surface area contributed by atoms with Gasteiger partial charge in [0.25, 0.3) is 5.91 Å². The summed E-state index contributed by atoms with van der Waals surface area (Å²) in [7, 11) is 0. The molecule has 0 aliphatic carbocycles. The van der Waals surface area contributed by atoms with Gasteiger partial charge < -0.3 is 15.7 Å². The topological polar surface area (TPSA) is 61.4 Å². The molecular weight excluding hydrogens is 284 g/mol. The largest absolute Gasteiger partial charge is 0.391 e. The number of carbonyl (C=O) groups is 1. The number of halogens is 1. The fraction of sp³-hybridized carbons (Fsp3) is 0.462. The van der Waals surface area contributed by atoms with E-state index in [1.165, 1.54) is 0 Å². The zero-order chi connectivity index (χ0) is 13.0. The fourth-order valence-corrected chi connectivity index (χ4v) is 2.67. The van der Waals surface area contributed by atoms with E-state index in [0.717, 1.165) is 11.4 Å². The van der Waals surface area contributed by atoms with Crippen LogP contribution in [-0.2, 0) is 0 Å². The van der Waals surface area contributed by atoms with Gasteiger partial charge in [-0.05, 0) is 18.4 Å². The highest BCUT2D eigenvalue weighted by atomic mass is 35.5. The zero-order valence-electron chi connectivity index (χ0n) is 10.8. The third-order valence-corrected chi connectivity index (χ3v) is 3.98. The molecule has 2 rings (SSSR count). The van der Waals surface area contributed by atoms with E-state index in [9.17, 15) is 9.90 Å². The number of β-amino-alcohol motifs (C(OH)–C–C–N with tert-alkyl or cyclic N) is 1. The van der Waals surface area contributed by atoms with Crippen molar-refractivity contribution in [1.29, 1.82) is 0 Å². The quantitative estimate of drug-likeness (QED) is 0.730. The van der Waals surface area contributed by atoms with E-state index >= 15 is 0 Å². The minimum atomic E-state index is -0.360. The van der Waals surface area contributed by atoms with Gasteiger partial charge in [-0.15, -0.1) is 24.2 Å². The number of aliphatic hydroxyl groups excluding tert-OH is 1. The van der Waals surface area contributed by atoms with E-state index in [0.29, 0.717) is 18.7 Å². The number of hydrogen-bond acceptors (Lipinski definition) is 4. The summed E-state index contributed by atoms with van der Waals surface area (Å²) in [5.74, 6) is 0.0365. The van der Waals surface area contributed by atoms with Gasteiger partial charge in [-0.1, -0.05) is 12.1 Å². The molecule has 6 heteroatoms. The lowest BCUT2D eigenvalue weighted by atomic mass is 10.1. The standard InChI is InChI=1S/C13H18N2O2S.ClH/c1-18-12-5-3-2-4-10(12)13(17)15-7-9-6-14-8-11(9)16;/h2-5,9,11,14,16H,6-8H2,1H3,(H,15,17);1H. The van der Waals surface area contributed by atoms with Crippen molar-refractivity contribution < 1.29 is 9.90 Å². The van der Waals surface area contributed by atoms with E-state index in [4.69, 9.17) is 0 Å². The molecular formula is C13H19ClN2O2S. The molecule has 1 amide bonds. The summed E-state index contributed by atoms with van der Waals surface area (Å²) in [6, 6.07) is 7.55. The molecule has 1 aromatic carbocycles. The molecule has 106 valence electrons. The minimum absolute atomic E-state index is 0. The maximum absolute atomic E-state index is 12.1. The Morgan fingerprint density at radius 2 is 2.21 bits per heavy atom. The van der Waals surface area contributed by atoms with E-state index in [-0.39, 0.29) is 30.3 Å². The second-order valence-corrected chi connectivity index (χ2v) is 5.24. The van der Waals surface area contributed by atoms with Gasteiger partial charge in [-0.2, -0.15) is 0 Å². The maximum atomic E-state index is 12.1. The molecule has 1 heterocycles. The second kappa shape index (κ2) is 7.75. The Hall–Kier alpha value is -0.750. The SMILES string of the molecule is CSc1ccccc1C(=O)NCC1CNCC1O.Cl. The Balaban J connectivity index is 0.00000180. The van der Waals surface area contributed by atoms with Crippen LogP contribution in [0.5, 0.6) is 0 Å². The van der Waals surface area contributed by atoms with Crippen LogP contribution in [0.3, 0.4) is 0 Å². The number of hydrogen-bond donors (Lipinski definition) is 3. The predicted octanol–water partition coefficient (Wildman–Crippen LogP) is 1.14. The summed E-state index contributed by atoms with van der Waals surface area (Å²) >= 11 is 1.56. The van der Waals surface area contributed by atoms with Crippen molar-refractivity contribution in [1.82, 2.24) is 10.6 Å². The number of rotatable bonds is 4. The van der Waals surface area contributed by atoms with Gasteiger partial charge in [0.15, 0.2) is 0 Å². The molecule has 4 nitrogen and oxygen atoms in total. The van der Waals surface area contributed by atoms with Crippen LogP contribution < -0.4 is 10.6 Å². The predicted molar refractivity (Wildman–Crippen MR) is 80.2 cm³/mol. The number of carbonyl (C=O) groups excluding carboxylic acids is 1. The van der Waals surface area contributed by atoms with Gasteiger partial charge in [0.1, 0.15) is 0 Å². The van der Waals surface area contributed by atoms with Gasteiger partial charge in [-0.25, -0.2) is 0 Å². The highest BCUT2D eigenvalue weighted by Crippen LogP contribution is 2.19. The highest BCUT2D eigenvalue weighted by molar-refractivity contribution is 7.98. The minimum Gasteiger partial charge on any atom is -0.391 e. The molecule has 0 radical (unpaired) electrons. The van der Waals surface area contributed by atoms with Crippen molar-refractivity contribution in [3.63, 3.8) is 0 Å². The van der Waals surface area contributed by atoms with Crippen LogP contribution in [0.15, 0.2) is 29.2 Å². The number of thioether (sulfide) groups is 1. The number of amides is 1. The fourth-order valence-electron chi connectivity index (χ4n) is 2.08. The molecule has 2 atom stereocenters. The van der Waals surface area contributed by atoms with Crippen LogP contribution in [0.2, 0.25) is 0 Å². The Morgan fingerprint density at radius 3 is 2.84 bits per heavy atom. The lowest BCUT2D eigenvalue weighted by Gasteiger charge is -2.15. The molecule has 1 aromatic rings. The normalized spacial score (nSPS) is 21.8. The average Bonchev–Trinajstić information content (AvgIpc) is 2.81. The van der Waals surface area contributed by atoms with Crippen molar-refractivity contribution in [2.45, 2.75) is 11.0 Å². The first-order chi connectivity index (χ1) is 8.72. The number of benzene rings is 1. The molecule has 1 fully saturated rings. The molecule has 19 heavy (non-hydrogen) atoms. The van der Waals surface area contributed by atoms with Crippen LogP contribution in [0.4, 0.5) is 0 Å². The average molecular weight is 303 g/mol. The molecule has 0 saturated carbocycles. The summed E-state index contributed by atoms with van der Waals surface area (Å²) in [6.07, 6.45) is 1.60. The van der Waals surface area contributed by atoms with Crippen LogP contribution in [0.1, 0.15) is 10.4 Å². The van der Waals surface area contributed by atoms with Crippen LogP contribution in [0.25, 0.3) is 0 Å². The number of aliphatic hydroxyl groups is 1. The Kier molecular flexibility index (Phi) is 6.65. The molecule has 0 aromatic heterocycles. The van der Waals surface area contributed by atoms with E-state index in [2.05, 4.69) is 10.6 Å². The molecule has 0 bridgehead atoms. The van der Waals surface area contributed by atoms with Gasteiger partial charge >= 0.3 is 0 Å². The molecule has 2 unspecified atom stereocenters. The molecule has 3 N–H and O–H groups in total. The van der Waals surface area contributed by atoms with Crippen molar-refractivity contribution >= 4 is 30.1 Å². The smallest absolute Gasteiger partial charge is 0.252 e. The van der Waals surface area contributed by atoms with Crippen molar-refractivity contribution in [2.75, 3.05) is 25.9 Å². The lowest BCUT2D eigenvalue weighted by Crippen LogP contribution is -2.34. The molecule has 1 aliphatic rings. The van der Waals surface area contributed by atoms with Crippen LogP contribution >= 0.6 is 24.2 Å². The van der Waals surface area contributed by atoms with Gasteiger partial charge in [-0.3, -0.25) is 4.79 Å². The van der Waals surface area contributed by atoms with Crippen LogP contribution in [-0.4, -0.2) is 43.0 Å². The summed E-state index contributed by atoms with van der Waals surface area (Å²) in [5.41, 5.74) is 0.699. The number of nitrogens with one attached hydrogen (secondary N) is 2. The van der Waals surface area contributed by atoms with Gasteiger partial charge in [0.05, 0.1) is 11.7 Å². The monoisotopic (exact) mass is 302 g/mol. The van der Waals surface area contributed by atoms with Crippen molar-refractivity contribution in [3.8, 4) is 0 Å². The summed E-state index contributed by atoms with van der Waals surface area (Å²) in [5, 5.41) is 15.7. The Labute approximate surface area is 123 Å². The second-order valence-electron chi connectivity index (χ2n) is 4.40. The zero-order valence-corrected chi connectivity index (χ0v) is 12.4. The summed E-state index contributed by atoms with van der Waals surface area (Å²) < 4.78 is 0. The van der Waals surface area contributed by atoms with Crippen molar-refractivity contribution in [2.24, 2.45) is 5.92 Å². The van der Waals surface area contributed by atoms with E-state index in [1.54, 1.807) is 11.8 Å². The first-order valence-electron chi connectivity index (χ1n) is 6.02. The van der Waals surface area contributed by atoms with Crippen molar-refractivity contribution in [3.05, 3.63) is 29.8 Å². The first kappa shape index (κ1) is 16.3. The molecule has 1 saturated heterocycles. The lowest BCUT2D eigenvalue weighted by molar-refractivity contribution is 0.0924.